The van der Waals surface area contributed by atoms with Crippen LogP contribution in [0.5, 0.6) is 0 Å². The van der Waals surface area contributed by atoms with Gasteiger partial charge in [0.05, 0.1) is 11.2 Å². The summed E-state index contributed by atoms with van der Waals surface area (Å²) in [6, 6.07) is 0. The number of rotatable bonds is 4. The maximum Gasteiger partial charge on any atom is 0.184 e. The predicted molar refractivity (Wildman–Crippen MR) is 72.0 cm³/mol. The summed E-state index contributed by atoms with van der Waals surface area (Å²) in [5.41, 5.74) is 0.472. The van der Waals surface area contributed by atoms with Crippen LogP contribution in [0.2, 0.25) is 5.02 Å². The van der Waals surface area contributed by atoms with Crippen LogP contribution in [-0.4, -0.2) is 28.2 Å². The summed E-state index contributed by atoms with van der Waals surface area (Å²) in [6.45, 7) is 0. The number of halogens is 1. The summed E-state index contributed by atoms with van der Waals surface area (Å²) in [5, 5.41) is 7.83. The van der Waals surface area contributed by atoms with E-state index < -0.39 is 0 Å². The quantitative estimate of drug-likeness (QED) is 0.855. The molecule has 100 valence electrons. The molecule has 2 rings (SSSR count). The monoisotopic (exact) mass is 269 g/mol. The van der Waals surface area contributed by atoms with Crippen molar-refractivity contribution in [1.82, 2.24) is 15.1 Å². The molecule has 4 nitrogen and oxygen atoms in total. The van der Waals surface area contributed by atoms with E-state index in [1.807, 2.05) is 7.05 Å². The Labute approximate surface area is 113 Å². The van der Waals surface area contributed by atoms with Gasteiger partial charge in [-0.05, 0) is 19.9 Å². The first-order valence-corrected chi connectivity index (χ1v) is 6.85. The third kappa shape index (κ3) is 2.59. The minimum Gasteiger partial charge on any atom is -0.314 e. The number of nitrogens with one attached hydrogen (secondary N) is 1. The van der Waals surface area contributed by atoms with Gasteiger partial charge < -0.3 is 5.32 Å². The van der Waals surface area contributed by atoms with Crippen molar-refractivity contribution in [2.75, 3.05) is 7.05 Å². The Morgan fingerprint density at radius 1 is 1.50 bits per heavy atom. The molecule has 1 aromatic rings. The van der Waals surface area contributed by atoms with E-state index in [0.717, 1.165) is 12.8 Å². The van der Waals surface area contributed by atoms with Gasteiger partial charge in [0.15, 0.2) is 5.78 Å². The predicted octanol–water partition coefficient (Wildman–Crippen LogP) is 2.57. The molecule has 0 aromatic carbocycles. The second kappa shape index (κ2) is 5.41. The van der Waals surface area contributed by atoms with Gasteiger partial charge >= 0.3 is 0 Å². The summed E-state index contributed by atoms with van der Waals surface area (Å²) in [4.78, 5) is 12.4. The molecule has 1 fully saturated rings. The Bertz CT molecular complexity index is 416. The largest absolute Gasteiger partial charge is 0.314 e. The standard InChI is InChI=1S/C13H20ClN3O/c1-15-13(6-4-3-5-7-13)8-11(18)12-10(14)9-16-17(12)2/h9,15H,3-8H2,1-2H3. The van der Waals surface area contributed by atoms with Gasteiger partial charge in [0.25, 0.3) is 0 Å². The van der Waals surface area contributed by atoms with Crippen LogP contribution in [0.4, 0.5) is 0 Å². The lowest BCUT2D eigenvalue weighted by molar-refractivity contribution is 0.0905. The maximum absolute atomic E-state index is 12.4. The lowest BCUT2D eigenvalue weighted by atomic mass is 9.78. The molecule has 0 radical (unpaired) electrons. The Morgan fingerprint density at radius 3 is 2.67 bits per heavy atom. The highest BCUT2D eigenvalue weighted by Crippen LogP contribution is 2.32. The fraction of sp³-hybridized carbons (Fsp3) is 0.692. The number of hydrogen-bond acceptors (Lipinski definition) is 3. The smallest absolute Gasteiger partial charge is 0.184 e. The number of carbonyl (C=O) groups excluding carboxylic acids is 1. The zero-order valence-corrected chi connectivity index (χ0v) is 11.8. The van der Waals surface area contributed by atoms with Gasteiger partial charge in [0.2, 0.25) is 0 Å². The van der Waals surface area contributed by atoms with Crippen molar-refractivity contribution in [3.63, 3.8) is 0 Å². The van der Waals surface area contributed by atoms with Crippen molar-refractivity contribution >= 4 is 17.4 Å². The number of ketones is 1. The van der Waals surface area contributed by atoms with E-state index in [0.29, 0.717) is 17.1 Å². The number of aryl methyl sites for hydroxylation is 1. The first kappa shape index (κ1) is 13.6. The molecule has 1 N–H and O–H groups in total. The van der Waals surface area contributed by atoms with Crippen LogP contribution in [0.15, 0.2) is 6.20 Å². The van der Waals surface area contributed by atoms with Gasteiger partial charge in [-0.1, -0.05) is 30.9 Å². The summed E-state index contributed by atoms with van der Waals surface area (Å²) in [7, 11) is 3.70. The zero-order valence-electron chi connectivity index (χ0n) is 11.0. The van der Waals surface area contributed by atoms with E-state index in [-0.39, 0.29) is 11.3 Å². The van der Waals surface area contributed by atoms with E-state index in [1.54, 1.807) is 11.7 Å². The van der Waals surface area contributed by atoms with Gasteiger partial charge in [-0.15, -0.1) is 0 Å². The summed E-state index contributed by atoms with van der Waals surface area (Å²) in [5.74, 6) is 0.0799. The lowest BCUT2D eigenvalue weighted by Gasteiger charge is -2.36. The molecule has 5 heteroatoms. The van der Waals surface area contributed by atoms with Crippen molar-refractivity contribution in [3.05, 3.63) is 16.9 Å². The molecule has 0 amide bonds. The minimum absolute atomic E-state index is 0.0526. The molecule has 18 heavy (non-hydrogen) atoms. The fourth-order valence-electron chi connectivity index (χ4n) is 2.86. The highest BCUT2D eigenvalue weighted by atomic mass is 35.5. The zero-order chi connectivity index (χ0) is 13.2. The van der Waals surface area contributed by atoms with Crippen LogP contribution >= 0.6 is 11.6 Å². The number of Topliss-reactive ketones (excluding diaryl/α,β-unsaturated/α-hetero) is 1. The second-order valence-electron chi connectivity index (χ2n) is 5.16. The SMILES string of the molecule is CNC1(CC(=O)c2c(Cl)cnn2C)CCCCC1. The fourth-order valence-corrected chi connectivity index (χ4v) is 3.13. The normalized spacial score (nSPS) is 18.8. The van der Waals surface area contributed by atoms with Gasteiger partial charge in [0, 0.05) is 19.0 Å². The first-order valence-electron chi connectivity index (χ1n) is 6.48. The molecule has 0 atom stereocenters. The Morgan fingerprint density at radius 2 is 2.17 bits per heavy atom. The maximum atomic E-state index is 12.4. The average Bonchev–Trinajstić information content (AvgIpc) is 2.70. The second-order valence-corrected chi connectivity index (χ2v) is 5.56. The van der Waals surface area contributed by atoms with Gasteiger partial charge in [-0.2, -0.15) is 5.10 Å². The molecule has 0 saturated heterocycles. The van der Waals surface area contributed by atoms with Crippen LogP contribution in [0.25, 0.3) is 0 Å². The number of hydrogen-bond donors (Lipinski definition) is 1. The molecule has 1 heterocycles. The van der Waals surface area contributed by atoms with Gasteiger partial charge in [-0.3, -0.25) is 9.48 Å². The summed E-state index contributed by atoms with van der Waals surface area (Å²) >= 11 is 6.02. The van der Waals surface area contributed by atoms with E-state index >= 15 is 0 Å². The van der Waals surface area contributed by atoms with Gasteiger partial charge in [-0.25, -0.2) is 0 Å². The molecule has 0 bridgehead atoms. The third-order valence-corrected chi connectivity index (χ3v) is 4.27. The number of carbonyl (C=O) groups is 1. The molecule has 0 aliphatic heterocycles. The van der Waals surface area contributed by atoms with Gasteiger partial charge in [0.1, 0.15) is 5.69 Å². The van der Waals surface area contributed by atoms with E-state index in [2.05, 4.69) is 10.4 Å². The van der Waals surface area contributed by atoms with E-state index in [1.165, 1.54) is 25.5 Å². The number of nitrogens with zero attached hydrogens (tertiary/aromatic N) is 2. The Hall–Kier alpha value is -0.870. The number of aromatic nitrogens is 2. The molecule has 1 saturated carbocycles. The highest BCUT2D eigenvalue weighted by molar-refractivity contribution is 6.33. The molecule has 0 unspecified atom stereocenters. The van der Waals surface area contributed by atoms with Crippen molar-refractivity contribution in [2.45, 2.75) is 44.1 Å². The van der Waals surface area contributed by atoms with Crippen molar-refractivity contribution in [2.24, 2.45) is 7.05 Å². The Balaban J connectivity index is 2.15. The van der Waals surface area contributed by atoms with E-state index in [9.17, 15) is 4.79 Å². The van der Waals surface area contributed by atoms with Crippen LogP contribution < -0.4 is 5.32 Å². The first-order chi connectivity index (χ1) is 8.58. The van der Waals surface area contributed by atoms with Crippen LogP contribution in [0, 0.1) is 0 Å². The van der Waals surface area contributed by atoms with Crippen molar-refractivity contribution in [1.29, 1.82) is 0 Å². The minimum atomic E-state index is -0.0526. The molecule has 1 aliphatic carbocycles. The van der Waals surface area contributed by atoms with Crippen LogP contribution in [-0.2, 0) is 7.05 Å². The topological polar surface area (TPSA) is 46.9 Å². The average molecular weight is 270 g/mol. The lowest BCUT2D eigenvalue weighted by Crippen LogP contribution is -2.46. The Kier molecular flexibility index (Phi) is 4.07. The molecule has 1 aromatic heterocycles. The summed E-state index contributed by atoms with van der Waals surface area (Å²) < 4.78 is 1.57. The molecule has 0 spiro atoms. The van der Waals surface area contributed by atoms with Crippen molar-refractivity contribution < 1.29 is 4.79 Å². The molecule has 1 aliphatic rings. The third-order valence-electron chi connectivity index (χ3n) is 4.00. The van der Waals surface area contributed by atoms with Crippen LogP contribution in [0.3, 0.4) is 0 Å². The molecular formula is C13H20ClN3O. The highest BCUT2D eigenvalue weighted by Gasteiger charge is 2.34. The van der Waals surface area contributed by atoms with E-state index in [4.69, 9.17) is 11.6 Å². The summed E-state index contributed by atoms with van der Waals surface area (Å²) in [6.07, 6.45) is 7.80. The molecular weight excluding hydrogens is 250 g/mol. The van der Waals surface area contributed by atoms with Crippen LogP contribution in [0.1, 0.15) is 49.0 Å². The van der Waals surface area contributed by atoms with Crippen molar-refractivity contribution in [3.8, 4) is 0 Å².